The van der Waals surface area contributed by atoms with Gasteiger partial charge in [0.25, 0.3) is 0 Å². The molecule has 158 valence electrons. The summed E-state index contributed by atoms with van der Waals surface area (Å²) in [4.78, 5) is 60.7. The van der Waals surface area contributed by atoms with Crippen LogP contribution in [0.1, 0.15) is 19.3 Å². The van der Waals surface area contributed by atoms with Gasteiger partial charge in [0.2, 0.25) is 23.6 Å². The standard InChI is InChI=1S/C14H26N8O6/c15-7(4-9(16)23)12(27)22-8(2-1-3-19-14(17)18)13(28)21-5-10(24)20-6-11(25)26/h7-8H,1-6,15H2,(H2,16,23)(H,20,24)(H,21,28)(H,22,27)(H,25,26)(H4,17,18,19). The van der Waals surface area contributed by atoms with Crippen molar-refractivity contribution >= 4 is 35.6 Å². The minimum absolute atomic E-state index is 0.106. The number of rotatable bonds is 13. The van der Waals surface area contributed by atoms with Gasteiger partial charge in [-0.2, -0.15) is 0 Å². The molecule has 0 saturated carbocycles. The first-order valence-electron chi connectivity index (χ1n) is 8.18. The van der Waals surface area contributed by atoms with Crippen molar-refractivity contribution in [1.82, 2.24) is 16.0 Å². The Balaban J connectivity index is 4.80. The summed E-state index contributed by atoms with van der Waals surface area (Å²) < 4.78 is 0. The first-order valence-corrected chi connectivity index (χ1v) is 8.18. The monoisotopic (exact) mass is 402 g/mol. The van der Waals surface area contributed by atoms with Crippen LogP contribution in [0.25, 0.3) is 0 Å². The Labute approximate surface area is 160 Å². The fraction of sp³-hybridized carbons (Fsp3) is 0.571. The van der Waals surface area contributed by atoms with E-state index in [2.05, 4.69) is 20.9 Å². The second kappa shape index (κ2) is 12.9. The molecule has 28 heavy (non-hydrogen) atoms. The molecule has 14 heteroatoms. The predicted molar refractivity (Wildman–Crippen MR) is 97.3 cm³/mol. The zero-order valence-corrected chi connectivity index (χ0v) is 15.1. The molecule has 0 aromatic heterocycles. The van der Waals surface area contributed by atoms with Crippen molar-refractivity contribution in [2.24, 2.45) is 27.9 Å². The smallest absolute Gasteiger partial charge is 0.322 e. The number of carbonyl (C=O) groups is 5. The molecular formula is C14H26N8O6. The number of aliphatic carboxylic acids is 1. The number of carboxylic acid groups (broad SMARTS) is 1. The van der Waals surface area contributed by atoms with E-state index >= 15 is 0 Å². The van der Waals surface area contributed by atoms with Crippen LogP contribution in [0.3, 0.4) is 0 Å². The van der Waals surface area contributed by atoms with Crippen molar-refractivity contribution in [2.45, 2.75) is 31.3 Å². The molecule has 0 aliphatic rings. The van der Waals surface area contributed by atoms with Crippen LogP contribution in [0.5, 0.6) is 0 Å². The molecule has 0 aromatic carbocycles. The number of hydrogen-bond acceptors (Lipinski definition) is 7. The van der Waals surface area contributed by atoms with Gasteiger partial charge in [-0.25, -0.2) is 0 Å². The number of guanidine groups is 1. The van der Waals surface area contributed by atoms with Crippen LogP contribution < -0.4 is 38.9 Å². The second-order valence-corrected chi connectivity index (χ2v) is 5.68. The lowest BCUT2D eigenvalue weighted by molar-refractivity contribution is -0.138. The first kappa shape index (κ1) is 24.6. The Bertz CT molecular complexity index is 619. The van der Waals surface area contributed by atoms with Crippen LogP contribution in [0.2, 0.25) is 0 Å². The van der Waals surface area contributed by atoms with E-state index in [0.29, 0.717) is 6.42 Å². The zero-order chi connectivity index (χ0) is 21.7. The van der Waals surface area contributed by atoms with Gasteiger partial charge in [0.15, 0.2) is 5.96 Å². The molecule has 0 spiro atoms. The molecule has 2 atom stereocenters. The van der Waals surface area contributed by atoms with Crippen molar-refractivity contribution < 1.29 is 29.1 Å². The van der Waals surface area contributed by atoms with E-state index in [1.54, 1.807) is 0 Å². The lowest BCUT2D eigenvalue weighted by Crippen LogP contribution is -2.53. The van der Waals surface area contributed by atoms with E-state index < -0.39 is 61.2 Å². The molecule has 14 nitrogen and oxygen atoms in total. The van der Waals surface area contributed by atoms with Crippen LogP contribution in [-0.2, 0) is 24.0 Å². The largest absolute Gasteiger partial charge is 0.480 e. The number of nitrogens with two attached hydrogens (primary N) is 4. The van der Waals surface area contributed by atoms with E-state index in [1.165, 1.54) is 0 Å². The van der Waals surface area contributed by atoms with Gasteiger partial charge < -0.3 is 44.0 Å². The van der Waals surface area contributed by atoms with Crippen molar-refractivity contribution in [3.8, 4) is 0 Å². The van der Waals surface area contributed by atoms with E-state index in [1.807, 2.05) is 0 Å². The molecule has 0 fully saturated rings. The lowest BCUT2D eigenvalue weighted by Gasteiger charge is -2.20. The summed E-state index contributed by atoms with van der Waals surface area (Å²) in [7, 11) is 0. The Kier molecular flexibility index (Phi) is 11.3. The summed E-state index contributed by atoms with van der Waals surface area (Å²) >= 11 is 0. The number of amides is 4. The predicted octanol–water partition coefficient (Wildman–Crippen LogP) is -4.96. The summed E-state index contributed by atoms with van der Waals surface area (Å²) in [5.74, 6) is -4.39. The van der Waals surface area contributed by atoms with Gasteiger partial charge in [-0.05, 0) is 12.8 Å². The normalized spacial score (nSPS) is 12.2. The number of aliphatic imine (C=N–C) groups is 1. The van der Waals surface area contributed by atoms with E-state index in [4.69, 9.17) is 28.0 Å². The van der Waals surface area contributed by atoms with Crippen LogP contribution in [0.15, 0.2) is 4.99 Å². The maximum atomic E-state index is 12.3. The quantitative estimate of drug-likeness (QED) is 0.0832. The Hall–Kier alpha value is -3.42. The Morgan fingerprint density at radius 1 is 0.964 bits per heavy atom. The highest BCUT2D eigenvalue weighted by Gasteiger charge is 2.24. The number of nitrogens with zero attached hydrogens (tertiary/aromatic N) is 1. The minimum atomic E-state index is -1.25. The SMILES string of the molecule is NC(=O)CC(N)C(=O)NC(CCCN=C(N)N)C(=O)NCC(=O)NCC(=O)O. The Morgan fingerprint density at radius 3 is 2.14 bits per heavy atom. The first-order chi connectivity index (χ1) is 13.0. The third-order valence-corrected chi connectivity index (χ3v) is 3.20. The summed E-state index contributed by atoms with van der Waals surface area (Å²) in [6, 6.07) is -2.34. The zero-order valence-electron chi connectivity index (χ0n) is 15.1. The number of hydrogen-bond donors (Lipinski definition) is 8. The van der Waals surface area contributed by atoms with Gasteiger partial charge in [0.05, 0.1) is 19.0 Å². The molecule has 4 amide bonds. The van der Waals surface area contributed by atoms with Crippen LogP contribution in [0, 0.1) is 0 Å². The fourth-order valence-corrected chi connectivity index (χ4v) is 1.89. The van der Waals surface area contributed by atoms with Crippen LogP contribution in [-0.4, -0.2) is 72.4 Å². The van der Waals surface area contributed by atoms with E-state index in [9.17, 15) is 24.0 Å². The minimum Gasteiger partial charge on any atom is -0.480 e. The molecule has 0 aliphatic carbocycles. The average molecular weight is 402 g/mol. The fourth-order valence-electron chi connectivity index (χ4n) is 1.89. The number of carbonyl (C=O) groups excluding carboxylic acids is 4. The third kappa shape index (κ3) is 12.0. The number of carboxylic acids is 1. The van der Waals surface area contributed by atoms with Crippen molar-refractivity contribution in [1.29, 1.82) is 0 Å². The molecule has 2 unspecified atom stereocenters. The van der Waals surface area contributed by atoms with Gasteiger partial charge in [0, 0.05) is 6.54 Å². The van der Waals surface area contributed by atoms with Crippen molar-refractivity contribution in [3.63, 3.8) is 0 Å². The van der Waals surface area contributed by atoms with Gasteiger partial charge in [-0.15, -0.1) is 0 Å². The number of nitrogens with one attached hydrogen (secondary N) is 3. The molecular weight excluding hydrogens is 376 g/mol. The maximum Gasteiger partial charge on any atom is 0.322 e. The number of primary amides is 1. The molecule has 0 rings (SSSR count). The molecule has 0 bridgehead atoms. The van der Waals surface area contributed by atoms with Crippen molar-refractivity contribution in [3.05, 3.63) is 0 Å². The topological polar surface area (TPSA) is 258 Å². The summed E-state index contributed by atoms with van der Waals surface area (Å²) in [5, 5.41) is 15.2. The summed E-state index contributed by atoms with van der Waals surface area (Å²) in [6.07, 6.45) is 0.00664. The second-order valence-electron chi connectivity index (χ2n) is 5.68. The average Bonchev–Trinajstić information content (AvgIpc) is 2.59. The van der Waals surface area contributed by atoms with Crippen LogP contribution >= 0.6 is 0 Å². The van der Waals surface area contributed by atoms with Gasteiger partial charge in [-0.3, -0.25) is 29.0 Å². The van der Waals surface area contributed by atoms with Gasteiger partial charge in [-0.1, -0.05) is 0 Å². The van der Waals surface area contributed by atoms with Gasteiger partial charge >= 0.3 is 5.97 Å². The third-order valence-electron chi connectivity index (χ3n) is 3.20. The molecule has 12 N–H and O–H groups in total. The molecule has 0 saturated heterocycles. The van der Waals surface area contributed by atoms with Gasteiger partial charge in [0.1, 0.15) is 12.6 Å². The van der Waals surface area contributed by atoms with Crippen LogP contribution in [0.4, 0.5) is 0 Å². The maximum absolute atomic E-state index is 12.3. The molecule has 0 aliphatic heterocycles. The molecule has 0 heterocycles. The molecule has 0 aromatic rings. The highest BCUT2D eigenvalue weighted by molar-refractivity contribution is 5.93. The van der Waals surface area contributed by atoms with E-state index in [0.717, 1.165) is 0 Å². The van der Waals surface area contributed by atoms with E-state index in [-0.39, 0.29) is 18.9 Å². The molecule has 0 radical (unpaired) electrons. The summed E-state index contributed by atoms with van der Waals surface area (Å²) in [6.45, 7) is -0.913. The highest BCUT2D eigenvalue weighted by atomic mass is 16.4. The highest BCUT2D eigenvalue weighted by Crippen LogP contribution is 2.00. The lowest BCUT2D eigenvalue weighted by atomic mass is 10.1. The van der Waals surface area contributed by atoms with Crippen molar-refractivity contribution in [2.75, 3.05) is 19.6 Å². The Morgan fingerprint density at radius 2 is 1.61 bits per heavy atom. The summed E-state index contributed by atoms with van der Waals surface area (Å²) in [5.41, 5.74) is 20.9.